The predicted octanol–water partition coefficient (Wildman–Crippen LogP) is 6.51. The molecule has 3 aromatic carbocycles. The van der Waals surface area contributed by atoms with E-state index in [4.69, 9.17) is 4.74 Å². The van der Waals surface area contributed by atoms with Crippen molar-refractivity contribution in [2.75, 3.05) is 12.4 Å². The molecular formula is C28H28BrN5O2S. The van der Waals surface area contributed by atoms with E-state index in [0.717, 1.165) is 40.1 Å². The monoisotopic (exact) mass is 577 g/mol. The number of hydrogen-bond acceptors (Lipinski definition) is 6. The van der Waals surface area contributed by atoms with E-state index in [9.17, 15) is 4.79 Å². The molecule has 1 heterocycles. The van der Waals surface area contributed by atoms with Gasteiger partial charge in [0.25, 0.3) is 5.91 Å². The number of ether oxygens (including phenoxy) is 1. The lowest BCUT2D eigenvalue weighted by Crippen LogP contribution is -2.20. The fraction of sp³-hybridized carbons (Fsp3) is 0.214. The Balaban J connectivity index is 1.36. The maximum absolute atomic E-state index is 12.5. The Kier molecular flexibility index (Phi) is 9.90. The first-order chi connectivity index (χ1) is 18.1. The van der Waals surface area contributed by atoms with Crippen LogP contribution in [0.1, 0.15) is 31.7 Å². The van der Waals surface area contributed by atoms with Crippen LogP contribution in [-0.4, -0.2) is 39.2 Å². The van der Waals surface area contributed by atoms with Crippen molar-refractivity contribution in [1.29, 1.82) is 0 Å². The van der Waals surface area contributed by atoms with E-state index in [-0.39, 0.29) is 11.7 Å². The minimum atomic E-state index is -0.233. The number of benzene rings is 3. The molecule has 0 aliphatic carbocycles. The van der Waals surface area contributed by atoms with E-state index < -0.39 is 0 Å². The molecule has 1 amide bonds. The number of hydrogen-bond donors (Lipinski definition) is 1. The molecule has 1 N–H and O–H groups in total. The Hall–Kier alpha value is -3.43. The van der Waals surface area contributed by atoms with E-state index in [1.165, 1.54) is 24.6 Å². The molecule has 4 aromatic rings. The van der Waals surface area contributed by atoms with Crippen LogP contribution < -0.4 is 10.2 Å². The van der Waals surface area contributed by atoms with Crippen LogP contribution >= 0.6 is 27.7 Å². The molecule has 9 heteroatoms. The van der Waals surface area contributed by atoms with Gasteiger partial charge in [-0.05, 0) is 60.5 Å². The molecule has 0 aliphatic heterocycles. The Morgan fingerprint density at radius 2 is 1.78 bits per heavy atom. The molecule has 0 atom stereocenters. The summed E-state index contributed by atoms with van der Waals surface area (Å²) in [6.07, 6.45) is 5.00. The summed E-state index contributed by atoms with van der Waals surface area (Å²) in [7, 11) is 0. The van der Waals surface area contributed by atoms with Gasteiger partial charge >= 0.3 is 0 Å². The van der Waals surface area contributed by atoms with Crippen molar-refractivity contribution in [3.63, 3.8) is 0 Å². The Morgan fingerprint density at radius 1 is 1.03 bits per heavy atom. The summed E-state index contributed by atoms with van der Waals surface area (Å²) in [6.45, 7) is 2.89. The quantitative estimate of drug-likeness (QED) is 0.0898. The predicted molar refractivity (Wildman–Crippen MR) is 152 cm³/mol. The molecule has 1 aromatic heterocycles. The summed E-state index contributed by atoms with van der Waals surface area (Å²) >= 11 is 4.79. The van der Waals surface area contributed by atoms with Crippen molar-refractivity contribution in [3.05, 3.63) is 88.9 Å². The first-order valence-corrected chi connectivity index (χ1v) is 13.9. The van der Waals surface area contributed by atoms with Crippen molar-refractivity contribution in [2.45, 2.75) is 31.3 Å². The number of hydrazone groups is 1. The first-order valence-electron chi connectivity index (χ1n) is 12.1. The average Bonchev–Trinajstić information content (AvgIpc) is 3.36. The number of nitrogens with one attached hydrogen (secondary N) is 1. The fourth-order valence-corrected chi connectivity index (χ4v) is 4.50. The topological polar surface area (TPSA) is 81.4 Å². The van der Waals surface area contributed by atoms with Crippen molar-refractivity contribution < 1.29 is 9.53 Å². The minimum absolute atomic E-state index is 0.144. The summed E-state index contributed by atoms with van der Waals surface area (Å²) in [5, 5.41) is 13.5. The van der Waals surface area contributed by atoms with Crippen LogP contribution in [-0.2, 0) is 4.79 Å². The van der Waals surface area contributed by atoms with E-state index >= 15 is 0 Å². The molecule has 0 unspecified atom stereocenters. The third-order valence-electron chi connectivity index (χ3n) is 5.38. The number of carbonyl (C=O) groups excluding carboxylic acids is 1. The molecule has 0 saturated heterocycles. The molecule has 0 fully saturated rings. The largest absolute Gasteiger partial charge is 0.494 e. The van der Waals surface area contributed by atoms with Gasteiger partial charge in [0.1, 0.15) is 5.75 Å². The number of amides is 1. The Labute approximate surface area is 229 Å². The number of unbranched alkanes of at least 4 members (excludes halogenated alkanes) is 2. The molecule has 7 nitrogen and oxygen atoms in total. The van der Waals surface area contributed by atoms with Crippen LogP contribution in [0.4, 0.5) is 0 Å². The smallest absolute Gasteiger partial charge is 0.250 e. The van der Waals surface area contributed by atoms with Gasteiger partial charge in [-0.2, -0.15) is 5.10 Å². The van der Waals surface area contributed by atoms with Gasteiger partial charge < -0.3 is 4.74 Å². The Morgan fingerprint density at radius 3 is 2.51 bits per heavy atom. The van der Waals surface area contributed by atoms with Crippen molar-refractivity contribution in [3.8, 4) is 22.8 Å². The highest BCUT2D eigenvalue weighted by Crippen LogP contribution is 2.28. The second-order valence-corrected chi connectivity index (χ2v) is 10.0. The number of aromatic nitrogens is 3. The van der Waals surface area contributed by atoms with Gasteiger partial charge in [-0.1, -0.05) is 77.8 Å². The maximum atomic E-state index is 12.5. The van der Waals surface area contributed by atoms with Gasteiger partial charge in [-0.15, -0.1) is 10.2 Å². The van der Waals surface area contributed by atoms with Gasteiger partial charge in [0, 0.05) is 15.7 Å². The number of thioether (sulfide) groups is 1. The standard InChI is InChI=1S/C28H28BrN5O2S/c1-2-3-7-18-36-25-16-10-21(11-17-25)19-30-31-26(35)20-37-28-33-32-27(22-8-5-4-6-9-22)34(28)24-14-12-23(29)13-15-24/h4-6,8-17,19H,2-3,7,18,20H2,1H3,(H,31,35)/b30-19-. The highest BCUT2D eigenvalue weighted by molar-refractivity contribution is 9.10. The van der Waals surface area contributed by atoms with Crippen LogP contribution in [0.3, 0.4) is 0 Å². The van der Waals surface area contributed by atoms with E-state index in [1.807, 2.05) is 83.4 Å². The maximum Gasteiger partial charge on any atom is 0.250 e. The second-order valence-electron chi connectivity index (χ2n) is 8.19. The minimum Gasteiger partial charge on any atom is -0.494 e. The zero-order valence-corrected chi connectivity index (χ0v) is 22.9. The van der Waals surface area contributed by atoms with Gasteiger partial charge in [-0.3, -0.25) is 9.36 Å². The molecule has 0 radical (unpaired) electrons. The third-order valence-corrected chi connectivity index (χ3v) is 6.84. The van der Waals surface area contributed by atoms with Gasteiger partial charge in [0.2, 0.25) is 0 Å². The summed E-state index contributed by atoms with van der Waals surface area (Å²) < 4.78 is 8.66. The summed E-state index contributed by atoms with van der Waals surface area (Å²) in [5.74, 6) is 1.45. The van der Waals surface area contributed by atoms with Gasteiger partial charge in [-0.25, -0.2) is 5.43 Å². The molecule has 0 spiro atoms. The van der Waals surface area contributed by atoms with E-state index in [0.29, 0.717) is 11.0 Å². The van der Waals surface area contributed by atoms with E-state index in [2.05, 4.69) is 43.6 Å². The highest BCUT2D eigenvalue weighted by atomic mass is 79.9. The number of halogens is 1. The van der Waals surface area contributed by atoms with Crippen LogP contribution in [0.15, 0.2) is 93.6 Å². The molecule has 37 heavy (non-hydrogen) atoms. The number of carbonyl (C=O) groups is 1. The lowest BCUT2D eigenvalue weighted by atomic mass is 10.2. The zero-order chi connectivity index (χ0) is 25.9. The lowest BCUT2D eigenvalue weighted by molar-refractivity contribution is -0.118. The Bertz CT molecular complexity index is 1310. The van der Waals surface area contributed by atoms with Crippen LogP contribution in [0, 0.1) is 0 Å². The number of nitrogens with zero attached hydrogens (tertiary/aromatic N) is 4. The fourth-order valence-electron chi connectivity index (χ4n) is 3.49. The SMILES string of the molecule is CCCCCOc1ccc(/C=N\NC(=O)CSc2nnc(-c3ccccc3)n2-c2ccc(Br)cc2)cc1. The molecule has 4 rings (SSSR count). The molecule has 0 saturated carbocycles. The van der Waals surface area contributed by atoms with Crippen molar-refractivity contribution in [2.24, 2.45) is 5.10 Å². The van der Waals surface area contributed by atoms with Gasteiger partial charge in [0.05, 0.1) is 18.6 Å². The third kappa shape index (κ3) is 7.77. The molecule has 190 valence electrons. The van der Waals surface area contributed by atoms with Crippen LogP contribution in [0.5, 0.6) is 5.75 Å². The van der Waals surface area contributed by atoms with Crippen molar-refractivity contribution >= 4 is 39.8 Å². The van der Waals surface area contributed by atoms with Crippen molar-refractivity contribution in [1.82, 2.24) is 20.2 Å². The van der Waals surface area contributed by atoms with Gasteiger partial charge in [0.15, 0.2) is 11.0 Å². The average molecular weight is 579 g/mol. The summed E-state index contributed by atoms with van der Waals surface area (Å²) in [6, 6.07) is 25.4. The molecule has 0 bridgehead atoms. The lowest BCUT2D eigenvalue weighted by Gasteiger charge is -2.10. The van der Waals surface area contributed by atoms with Crippen LogP contribution in [0.25, 0.3) is 17.1 Å². The second kappa shape index (κ2) is 13.8. The first kappa shape index (κ1) is 26.6. The number of rotatable bonds is 12. The summed E-state index contributed by atoms with van der Waals surface area (Å²) in [4.78, 5) is 12.5. The van der Waals surface area contributed by atoms with E-state index in [1.54, 1.807) is 6.21 Å². The highest BCUT2D eigenvalue weighted by Gasteiger charge is 2.17. The molecular weight excluding hydrogens is 550 g/mol. The normalized spacial score (nSPS) is 11.1. The van der Waals surface area contributed by atoms with Crippen LogP contribution in [0.2, 0.25) is 0 Å². The molecule has 0 aliphatic rings. The summed E-state index contributed by atoms with van der Waals surface area (Å²) in [5.41, 5.74) is 5.30. The zero-order valence-electron chi connectivity index (χ0n) is 20.5.